The van der Waals surface area contributed by atoms with Crippen molar-refractivity contribution in [2.75, 3.05) is 0 Å². The average Bonchev–Trinajstić information content (AvgIpc) is 2.54. The highest BCUT2D eigenvalue weighted by molar-refractivity contribution is 9.10. The third kappa shape index (κ3) is 2.47. The van der Waals surface area contributed by atoms with Crippen molar-refractivity contribution < 1.29 is 14.4 Å². The van der Waals surface area contributed by atoms with Crippen molar-refractivity contribution in [3.05, 3.63) is 28.5 Å². The lowest BCUT2D eigenvalue weighted by atomic mass is 9.79. The van der Waals surface area contributed by atoms with Crippen LogP contribution in [0.15, 0.2) is 22.8 Å². The van der Waals surface area contributed by atoms with E-state index in [0.717, 1.165) is 9.54 Å². The lowest BCUT2D eigenvalue weighted by Crippen LogP contribution is -2.30. The number of aromatic nitrogens is 1. The van der Waals surface area contributed by atoms with E-state index in [9.17, 15) is 9.59 Å². The fraction of sp³-hybridized carbons (Fsp3) is 0.364. The topological polar surface area (TPSA) is 59.5 Å². The predicted octanol–water partition coefficient (Wildman–Crippen LogP) is 0.702. The van der Waals surface area contributed by atoms with E-state index in [1.54, 1.807) is 27.0 Å². The molecular formula is C11H12BBrN2O3. The van der Waals surface area contributed by atoms with E-state index in [1.807, 2.05) is 6.07 Å². The Kier molecular flexibility index (Phi) is 3.82. The fourth-order valence-electron chi connectivity index (χ4n) is 1.66. The number of rotatable bonds is 3. The van der Waals surface area contributed by atoms with Gasteiger partial charge in [-0.1, -0.05) is 6.92 Å². The molecule has 7 heteroatoms. The lowest BCUT2D eigenvalue weighted by molar-refractivity contribution is -0.192. The number of hydrogen-bond donors (Lipinski definition) is 0. The van der Waals surface area contributed by atoms with Gasteiger partial charge >= 0.3 is 0 Å². The van der Waals surface area contributed by atoms with Crippen molar-refractivity contribution in [1.82, 2.24) is 10.0 Å². The molecule has 0 spiro atoms. The fourth-order valence-corrected chi connectivity index (χ4v) is 1.89. The molecule has 1 aromatic rings. The SMILES string of the molecule is BC1C(=O)N(OCc2ccc(Br)cn2)C(=O)C1C. The maximum Gasteiger partial charge on any atom is 0.256 e. The van der Waals surface area contributed by atoms with Crippen LogP contribution in [0.3, 0.4) is 0 Å². The highest BCUT2D eigenvalue weighted by Crippen LogP contribution is 2.28. The molecule has 1 fully saturated rings. The summed E-state index contributed by atoms with van der Waals surface area (Å²) in [7, 11) is 1.73. The largest absolute Gasteiger partial charge is 0.273 e. The summed E-state index contributed by atoms with van der Waals surface area (Å²) in [4.78, 5) is 32.9. The van der Waals surface area contributed by atoms with Gasteiger partial charge in [-0.15, -0.1) is 0 Å². The first kappa shape index (κ1) is 13.2. The zero-order valence-corrected chi connectivity index (χ0v) is 11.7. The van der Waals surface area contributed by atoms with E-state index in [0.29, 0.717) is 5.69 Å². The second-order valence-electron chi connectivity index (χ2n) is 4.29. The molecule has 94 valence electrons. The maximum absolute atomic E-state index is 11.8. The first-order valence-electron chi connectivity index (χ1n) is 5.62. The molecule has 2 rings (SSSR count). The molecule has 1 aromatic heterocycles. The molecule has 2 heterocycles. The van der Waals surface area contributed by atoms with Crippen LogP contribution in [-0.4, -0.2) is 29.7 Å². The highest BCUT2D eigenvalue weighted by atomic mass is 79.9. The summed E-state index contributed by atoms with van der Waals surface area (Å²) in [6.07, 6.45) is 1.64. The number of nitrogens with zero attached hydrogens (tertiary/aromatic N) is 2. The molecule has 0 saturated carbocycles. The van der Waals surface area contributed by atoms with Crippen molar-refractivity contribution in [2.24, 2.45) is 5.92 Å². The molecule has 1 aliphatic rings. The van der Waals surface area contributed by atoms with Crippen molar-refractivity contribution in [3.63, 3.8) is 0 Å². The van der Waals surface area contributed by atoms with Crippen LogP contribution in [0, 0.1) is 5.92 Å². The van der Waals surface area contributed by atoms with Crippen molar-refractivity contribution in [3.8, 4) is 0 Å². The van der Waals surface area contributed by atoms with Crippen molar-refractivity contribution in [1.29, 1.82) is 0 Å². The molecule has 0 aromatic carbocycles. The van der Waals surface area contributed by atoms with E-state index in [-0.39, 0.29) is 30.2 Å². The van der Waals surface area contributed by atoms with Crippen LogP contribution in [0.1, 0.15) is 12.6 Å². The number of pyridine rings is 1. The second-order valence-corrected chi connectivity index (χ2v) is 5.21. The van der Waals surface area contributed by atoms with Crippen LogP contribution in [-0.2, 0) is 21.0 Å². The van der Waals surface area contributed by atoms with Gasteiger partial charge < -0.3 is 0 Å². The summed E-state index contributed by atoms with van der Waals surface area (Å²) in [6.45, 7) is 1.83. The number of imide groups is 1. The molecule has 5 nitrogen and oxygen atoms in total. The van der Waals surface area contributed by atoms with Gasteiger partial charge in [-0.3, -0.25) is 19.4 Å². The minimum atomic E-state index is -0.324. The summed E-state index contributed by atoms with van der Waals surface area (Å²) >= 11 is 3.28. The second kappa shape index (κ2) is 5.20. The summed E-state index contributed by atoms with van der Waals surface area (Å²) in [5, 5.41) is 0.860. The Morgan fingerprint density at radius 2 is 2.17 bits per heavy atom. The summed E-state index contributed by atoms with van der Waals surface area (Å²) in [6, 6.07) is 3.59. The van der Waals surface area contributed by atoms with Crippen molar-refractivity contribution >= 4 is 35.6 Å². The van der Waals surface area contributed by atoms with E-state index in [1.165, 1.54) is 0 Å². The van der Waals surface area contributed by atoms with E-state index in [2.05, 4.69) is 20.9 Å². The molecule has 2 amide bonds. The maximum atomic E-state index is 11.8. The number of carbonyl (C=O) groups is 2. The van der Waals surface area contributed by atoms with Gasteiger partial charge in [0.15, 0.2) is 0 Å². The Balaban J connectivity index is 2.00. The molecule has 18 heavy (non-hydrogen) atoms. The van der Waals surface area contributed by atoms with Crippen LogP contribution < -0.4 is 0 Å². The number of halogens is 1. The third-order valence-corrected chi connectivity index (χ3v) is 3.53. The first-order chi connectivity index (χ1) is 8.50. The Bertz CT molecular complexity index is 460. The Morgan fingerprint density at radius 1 is 1.44 bits per heavy atom. The summed E-state index contributed by atoms with van der Waals surface area (Å²) in [5.41, 5.74) is 0.658. The molecule has 2 unspecified atom stereocenters. The average molecular weight is 311 g/mol. The third-order valence-electron chi connectivity index (χ3n) is 3.06. The van der Waals surface area contributed by atoms with E-state index < -0.39 is 0 Å². The predicted molar refractivity (Wildman–Crippen MR) is 70.0 cm³/mol. The smallest absolute Gasteiger partial charge is 0.256 e. The van der Waals surface area contributed by atoms with Gasteiger partial charge in [-0.2, -0.15) is 5.06 Å². The van der Waals surface area contributed by atoms with Gasteiger partial charge in [-0.25, -0.2) is 0 Å². The van der Waals surface area contributed by atoms with E-state index >= 15 is 0 Å². The number of hydrogen-bond acceptors (Lipinski definition) is 4. The molecule has 0 aliphatic carbocycles. The minimum Gasteiger partial charge on any atom is -0.273 e. The molecule has 1 saturated heterocycles. The zero-order chi connectivity index (χ0) is 13.3. The first-order valence-corrected chi connectivity index (χ1v) is 6.41. The monoisotopic (exact) mass is 310 g/mol. The van der Waals surface area contributed by atoms with E-state index in [4.69, 9.17) is 4.84 Å². The Morgan fingerprint density at radius 3 is 2.67 bits per heavy atom. The van der Waals surface area contributed by atoms with Crippen LogP contribution in [0.2, 0.25) is 5.82 Å². The summed E-state index contributed by atoms with van der Waals surface area (Å²) in [5.74, 6) is -1.22. The van der Waals surface area contributed by atoms with Gasteiger partial charge in [0.2, 0.25) is 5.91 Å². The molecule has 1 aliphatic heterocycles. The van der Waals surface area contributed by atoms with Crippen molar-refractivity contribution in [2.45, 2.75) is 19.3 Å². The lowest BCUT2D eigenvalue weighted by Gasteiger charge is -2.13. The molecule has 0 N–H and O–H groups in total. The molecule has 2 atom stereocenters. The van der Waals surface area contributed by atoms with Crippen LogP contribution in [0.25, 0.3) is 0 Å². The molecule has 0 bridgehead atoms. The normalized spacial score (nSPS) is 23.8. The number of hydroxylamine groups is 2. The highest BCUT2D eigenvalue weighted by Gasteiger charge is 2.43. The minimum absolute atomic E-state index is 0.101. The van der Waals surface area contributed by atoms with Crippen LogP contribution in [0.4, 0.5) is 0 Å². The number of carbonyl (C=O) groups excluding carboxylic acids is 2. The standard InChI is InChI=1S/C11H12BBrN2O3/c1-6-9(12)11(17)15(10(6)16)18-5-8-3-2-7(13)4-14-8/h2-4,6,9H,5,12H2,1H3. The Hall–Kier alpha value is -1.21. The number of amides is 2. The van der Waals surface area contributed by atoms with Crippen LogP contribution in [0.5, 0.6) is 0 Å². The van der Waals surface area contributed by atoms with Crippen LogP contribution >= 0.6 is 15.9 Å². The van der Waals surface area contributed by atoms with Gasteiger partial charge in [0.25, 0.3) is 5.91 Å². The Labute approximate surface area is 114 Å². The molecular weight excluding hydrogens is 299 g/mol. The quantitative estimate of drug-likeness (QED) is 0.609. The summed E-state index contributed by atoms with van der Waals surface area (Å²) < 4.78 is 0.863. The van der Waals surface area contributed by atoms with Gasteiger partial charge in [0.05, 0.1) is 5.69 Å². The van der Waals surface area contributed by atoms with Gasteiger partial charge in [-0.05, 0) is 28.1 Å². The zero-order valence-electron chi connectivity index (χ0n) is 10.1. The van der Waals surface area contributed by atoms with Gasteiger partial charge in [0.1, 0.15) is 14.5 Å². The van der Waals surface area contributed by atoms with Gasteiger partial charge in [0, 0.05) is 22.4 Å². The molecule has 0 radical (unpaired) electrons.